The molecule has 1 heterocycles. The van der Waals surface area contributed by atoms with E-state index in [0.29, 0.717) is 0 Å². The minimum Gasteiger partial charge on any atom is -0.354 e. The van der Waals surface area contributed by atoms with Crippen LogP contribution in [0, 0.1) is 0 Å². The Bertz CT molecular complexity index is 496. The number of rotatable bonds is 6. The summed E-state index contributed by atoms with van der Waals surface area (Å²) in [6.07, 6.45) is 1.22. The summed E-state index contributed by atoms with van der Waals surface area (Å²) in [5.74, 6) is 5.61. The van der Waals surface area contributed by atoms with Crippen molar-refractivity contribution in [1.82, 2.24) is 15.2 Å². The van der Waals surface area contributed by atoms with Crippen LogP contribution in [0.2, 0.25) is 0 Å². The van der Waals surface area contributed by atoms with Gasteiger partial charge in [-0.25, -0.2) is 10.1 Å². The lowest BCUT2D eigenvalue weighted by atomic mass is 10.2. The smallest absolute Gasteiger partial charge is 0.179 e. The van der Waals surface area contributed by atoms with Crippen molar-refractivity contribution in [2.75, 3.05) is 14.2 Å². The number of methoxy groups -OCH3 is 2. The minimum absolute atomic E-state index is 0.322. The number of hydrogen-bond donors (Lipinski definition) is 2. The number of ether oxygens (including phenoxy) is 2. The highest BCUT2D eigenvalue weighted by atomic mass is 16.7. The average molecular weight is 262 g/mol. The first-order valence-corrected chi connectivity index (χ1v) is 5.93. The van der Waals surface area contributed by atoms with E-state index in [9.17, 15) is 0 Å². The van der Waals surface area contributed by atoms with Gasteiger partial charge in [-0.2, -0.15) is 5.10 Å². The summed E-state index contributed by atoms with van der Waals surface area (Å²) in [6.45, 7) is 0. The lowest BCUT2D eigenvalue weighted by Crippen LogP contribution is -2.39. The number of aromatic nitrogens is 2. The molecular formula is C13H18N4O2. The second kappa shape index (κ2) is 6.44. The molecule has 1 unspecified atom stereocenters. The molecule has 6 heteroatoms. The monoisotopic (exact) mass is 262 g/mol. The van der Waals surface area contributed by atoms with Crippen LogP contribution in [0.1, 0.15) is 11.7 Å². The number of benzene rings is 1. The number of para-hydroxylation sites is 1. The van der Waals surface area contributed by atoms with Crippen molar-refractivity contribution in [3.05, 3.63) is 48.3 Å². The molecule has 0 bridgehead atoms. The SMILES string of the molecule is COC(OC)C(NN)c1ccnn1-c1ccccc1. The highest BCUT2D eigenvalue weighted by Gasteiger charge is 2.25. The third kappa shape index (κ3) is 2.82. The summed E-state index contributed by atoms with van der Waals surface area (Å²) >= 11 is 0. The van der Waals surface area contributed by atoms with Gasteiger partial charge in [0.1, 0.15) is 6.04 Å². The van der Waals surface area contributed by atoms with Crippen molar-refractivity contribution in [2.24, 2.45) is 5.84 Å². The Balaban J connectivity index is 2.38. The van der Waals surface area contributed by atoms with Crippen molar-refractivity contribution in [1.29, 1.82) is 0 Å². The summed E-state index contributed by atoms with van der Waals surface area (Å²) < 4.78 is 12.3. The molecule has 19 heavy (non-hydrogen) atoms. The molecule has 2 aromatic rings. The Hall–Kier alpha value is -1.73. The molecule has 1 aromatic heterocycles. The zero-order chi connectivity index (χ0) is 13.7. The molecule has 0 saturated carbocycles. The molecule has 0 aliphatic rings. The molecule has 0 amide bonds. The van der Waals surface area contributed by atoms with E-state index in [2.05, 4.69) is 10.5 Å². The van der Waals surface area contributed by atoms with Crippen LogP contribution in [0.25, 0.3) is 5.69 Å². The maximum atomic E-state index is 5.61. The van der Waals surface area contributed by atoms with E-state index in [1.165, 1.54) is 0 Å². The van der Waals surface area contributed by atoms with Crippen LogP contribution in [0.3, 0.4) is 0 Å². The van der Waals surface area contributed by atoms with Gasteiger partial charge in [-0.3, -0.25) is 5.84 Å². The molecule has 6 nitrogen and oxygen atoms in total. The molecular weight excluding hydrogens is 244 g/mol. The Labute approximate surface area is 112 Å². The van der Waals surface area contributed by atoms with E-state index in [1.54, 1.807) is 25.1 Å². The van der Waals surface area contributed by atoms with Crippen LogP contribution in [0.5, 0.6) is 0 Å². The number of nitrogens with one attached hydrogen (secondary N) is 1. The topological polar surface area (TPSA) is 74.3 Å². The fourth-order valence-electron chi connectivity index (χ4n) is 2.01. The summed E-state index contributed by atoms with van der Waals surface area (Å²) in [5.41, 5.74) is 4.52. The van der Waals surface area contributed by atoms with Crippen molar-refractivity contribution < 1.29 is 9.47 Å². The van der Waals surface area contributed by atoms with Crippen molar-refractivity contribution in [2.45, 2.75) is 12.3 Å². The zero-order valence-electron chi connectivity index (χ0n) is 11.0. The van der Waals surface area contributed by atoms with Gasteiger partial charge in [0.25, 0.3) is 0 Å². The molecule has 102 valence electrons. The average Bonchev–Trinajstić information content (AvgIpc) is 2.94. The molecule has 0 saturated heterocycles. The van der Waals surface area contributed by atoms with Crippen LogP contribution < -0.4 is 11.3 Å². The lowest BCUT2D eigenvalue weighted by molar-refractivity contribution is -0.125. The minimum atomic E-state index is -0.496. The number of nitrogens with zero attached hydrogens (tertiary/aromatic N) is 2. The third-order valence-electron chi connectivity index (χ3n) is 2.91. The van der Waals surface area contributed by atoms with E-state index in [0.717, 1.165) is 11.4 Å². The molecule has 0 fully saturated rings. The molecule has 3 N–H and O–H groups in total. The van der Waals surface area contributed by atoms with Gasteiger partial charge in [0.15, 0.2) is 6.29 Å². The first kappa shape index (κ1) is 13.7. The van der Waals surface area contributed by atoms with E-state index in [1.807, 2.05) is 36.4 Å². The van der Waals surface area contributed by atoms with E-state index < -0.39 is 6.29 Å². The summed E-state index contributed by atoms with van der Waals surface area (Å²) in [6, 6.07) is 11.4. The number of hydrogen-bond acceptors (Lipinski definition) is 5. The third-order valence-corrected chi connectivity index (χ3v) is 2.91. The molecule has 0 spiro atoms. The Morgan fingerprint density at radius 2 is 1.84 bits per heavy atom. The van der Waals surface area contributed by atoms with E-state index in [-0.39, 0.29) is 6.04 Å². The summed E-state index contributed by atoms with van der Waals surface area (Å²) in [4.78, 5) is 0. The van der Waals surface area contributed by atoms with Gasteiger partial charge in [0.05, 0.1) is 11.4 Å². The normalized spacial score (nSPS) is 12.8. The molecule has 0 aliphatic carbocycles. The van der Waals surface area contributed by atoms with Crippen LogP contribution in [-0.2, 0) is 9.47 Å². The molecule has 0 aliphatic heterocycles. The Kier molecular flexibility index (Phi) is 4.64. The Morgan fingerprint density at radius 3 is 2.42 bits per heavy atom. The second-order valence-corrected chi connectivity index (χ2v) is 3.99. The van der Waals surface area contributed by atoms with Gasteiger partial charge >= 0.3 is 0 Å². The van der Waals surface area contributed by atoms with Gasteiger partial charge in [0.2, 0.25) is 0 Å². The van der Waals surface area contributed by atoms with Crippen molar-refractivity contribution >= 4 is 0 Å². The molecule has 0 radical (unpaired) electrons. The molecule has 1 atom stereocenters. The highest BCUT2D eigenvalue weighted by Crippen LogP contribution is 2.21. The van der Waals surface area contributed by atoms with E-state index >= 15 is 0 Å². The van der Waals surface area contributed by atoms with Crippen LogP contribution in [-0.4, -0.2) is 30.3 Å². The van der Waals surface area contributed by atoms with Crippen LogP contribution in [0.15, 0.2) is 42.6 Å². The fraction of sp³-hybridized carbons (Fsp3) is 0.308. The van der Waals surface area contributed by atoms with Crippen LogP contribution in [0.4, 0.5) is 0 Å². The van der Waals surface area contributed by atoms with Gasteiger partial charge in [-0.05, 0) is 18.2 Å². The molecule has 1 aromatic carbocycles. The zero-order valence-corrected chi connectivity index (χ0v) is 11.0. The molecule has 2 rings (SSSR count). The summed E-state index contributed by atoms with van der Waals surface area (Å²) in [7, 11) is 3.14. The van der Waals surface area contributed by atoms with Gasteiger partial charge < -0.3 is 9.47 Å². The predicted octanol–water partition coefficient (Wildman–Crippen LogP) is 0.996. The Morgan fingerprint density at radius 1 is 1.16 bits per heavy atom. The largest absolute Gasteiger partial charge is 0.354 e. The maximum absolute atomic E-state index is 5.61. The first-order chi connectivity index (χ1) is 9.31. The fourth-order valence-corrected chi connectivity index (χ4v) is 2.01. The van der Waals surface area contributed by atoms with Crippen LogP contribution >= 0.6 is 0 Å². The van der Waals surface area contributed by atoms with Gasteiger partial charge in [0, 0.05) is 20.4 Å². The van der Waals surface area contributed by atoms with Crippen molar-refractivity contribution in [3.8, 4) is 5.69 Å². The van der Waals surface area contributed by atoms with E-state index in [4.69, 9.17) is 15.3 Å². The summed E-state index contributed by atoms with van der Waals surface area (Å²) in [5, 5.41) is 4.32. The number of nitrogens with two attached hydrogens (primary N) is 1. The first-order valence-electron chi connectivity index (χ1n) is 5.93. The quantitative estimate of drug-likeness (QED) is 0.461. The van der Waals surface area contributed by atoms with Gasteiger partial charge in [-0.15, -0.1) is 0 Å². The maximum Gasteiger partial charge on any atom is 0.179 e. The number of hydrazine groups is 1. The van der Waals surface area contributed by atoms with Crippen molar-refractivity contribution in [3.63, 3.8) is 0 Å². The van der Waals surface area contributed by atoms with Gasteiger partial charge in [-0.1, -0.05) is 18.2 Å². The second-order valence-electron chi connectivity index (χ2n) is 3.99. The standard InChI is InChI=1S/C13H18N4O2/c1-18-13(19-2)12(16-14)11-8-9-15-17(11)10-6-4-3-5-7-10/h3-9,12-13,16H,14H2,1-2H3. The lowest BCUT2D eigenvalue weighted by Gasteiger charge is -2.24. The highest BCUT2D eigenvalue weighted by molar-refractivity contribution is 5.33. The predicted molar refractivity (Wildman–Crippen MR) is 71.4 cm³/mol.